The maximum absolute atomic E-state index is 12.3. The molecule has 18 heavy (non-hydrogen) atoms. The summed E-state index contributed by atoms with van der Waals surface area (Å²) in [5.41, 5.74) is 0. The molecule has 0 spiro atoms. The normalized spacial score (nSPS) is 24.2. The van der Waals surface area contributed by atoms with E-state index in [2.05, 4.69) is 5.32 Å². The molecule has 0 bridgehead atoms. The van der Waals surface area contributed by atoms with Gasteiger partial charge in [-0.25, -0.2) is 9.59 Å². The quantitative estimate of drug-likeness (QED) is 0.708. The van der Waals surface area contributed by atoms with Crippen LogP contribution in [0.25, 0.3) is 0 Å². The Morgan fingerprint density at radius 2 is 2.00 bits per heavy atom. The molecule has 2 aliphatic rings. The van der Waals surface area contributed by atoms with Crippen molar-refractivity contribution in [1.29, 1.82) is 0 Å². The molecule has 0 saturated carbocycles. The maximum Gasteiger partial charge on any atom is 0.330 e. The first kappa shape index (κ1) is 13.1. The third-order valence-corrected chi connectivity index (χ3v) is 3.42. The van der Waals surface area contributed by atoms with Crippen LogP contribution in [0.15, 0.2) is 0 Å². The third-order valence-electron chi connectivity index (χ3n) is 3.42. The van der Waals surface area contributed by atoms with Gasteiger partial charge in [-0.3, -0.25) is 0 Å². The van der Waals surface area contributed by atoms with E-state index in [4.69, 9.17) is 4.74 Å². The lowest BCUT2D eigenvalue weighted by Gasteiger charge is -2.36. The second kappa shape index (κ2) is 6.04. The van der Waals surface area contributed by atoms with E-state index in [0.717, 1.165) is 32.5 Å². The number of amides is 2. The molecule has 1 N–H and O–H groups in total. The molecule has 6 heteroatoms. The van der Waals surface area contributed by atoms with Gasteiger partial charge in [0.05, 0.1) is 6.61 Å². The van der Waals surface area contributed by atoms with Crippen molar-refractivity contribution < 1.29 is 14.3 Å². The van der Waals surface area contributed by atoms with E-state index in [9.17, 15) is 9.59 Å². The van der Waals surface area contributed by atoms with E-state index in [1.165, 1.54) is 0 Å². The van der Waals surface area contributed by atoms with Gasteiger partial charge >= 0.3 is 12.0 Å². The van der Waals surface area contributed by atoms with Crippen LogP contribution in [0.1, 0.15) is 19.8 Å². The minimum Gasteiger partial charge on any atom is -0.464 e. The Hall–Kier alpha value is -1.30. The van der Waals surface area contributed by atoms with Crippen molar-refractivity contribution in [2.24, 2.45) is 0 Å². The summed E-state index contributed by atoms with van der Waals surface area (Å²) in [7, 11) is 0. The van der Waals surface area contributed by atoms with Crippen LogP contribution in [-0.2, 0) is 9.53 Å². The number of rotatable bonds is 2. The van der Waals surface area contributed by atoms with Crippen LogP contribution in [0, 0.1) is 0 Å². The number of urea groups is 1. The summed E-state index contributed by atoms with van der Waals surface area (Å²) in [6.07, 6.45) is 2.11. The fourth-order valence-electron chi connectivity index (χ4n) is 2.47. The summed E-state index contributed by atoms with van der Waals surface area (Å²) < 4.78 is 5.03. The lowest BCUT2D eigenvalue weighted by atomic mass is 10.2. The molecule has 0 aliphatic carbocycles. The first-order valence-corrected chi connectivity index (χ1v) is 6.67. The van der Waals surface area contributed by atoms with Crippen LogP contribution in [0.5, 0.6) is 0 Å². The number of nitrogens with zero attached hydrogens (tertiary/aromatic N) is 2. The first-order valence-electron chi connectivity index (χ1n) is 6.67. The van der Waals surface area contributed by atoms with Gasteiger partial charge in [0.15, 0.2) is 0 Å². The van der Waals surface area contributed by atoms with Gasteiger partial charge in [0, 0.05) is 32.7 Å². The Morgan fingerprint density at radius 3 is 2.67 bits per heavy atom. The zero-order valence-electron chi connectivity index (χ0n) is 10.9. The third kappa shape index (κ3) is 2.75. The van der Waals surface area contributed by atoms with Gasteiger partial charge in [0.2, 0.25) is 0 Å². The molecule has 6 nitrogen and oxygen atoms in total. The summed E-state index contributed by atoms with van der Waals surface area (Å²) in [5.74, 6) is -0.308. The summed E-state index contributed by atoms with van der Waals surface area (Å²) in [5, 5.41) is 3.14. The molecular formula is C12H21N3O3. The van der Waals surface area contributed by atoms with Gasteiger partial charge in [-0.1, -0.05) is 0 Å². The number of nitrogens with one attached hydrogen (secondary N) is 1. The van der Waals surface area contributed by atoms with Crippen LogP contribution in [0.3, 0.4) is 0 Å². The molecule has 2 fully saturated rings. The molecule has 2 amide bonds. The first-order chi connectivity index (χ1) is 8.74. The minimum absolute atomic E-state index is 0.0212. The monoisotopic (exact) mass is 255 g/mol. The number of likely N-dealkylation sites (tertiary alicyclic amines) is 1. The predicted molar refractivity (Wildman–Crippen MR) is 66.2 cm³/mol. The zero-order valence-corrected chi connectivity index (χ0v) is 10.9. The molecule has 102 valence electrons. The summed E-state index contributed by atoms with van der Waals surface area (Å²) in [6.45, 7) is 5.52. The van der Waals surface area contributed by atoms with E-state index in [1.54, 1.807) is 11.8 Å². The van der Waals surface area contributed by atoms with Gasteiger partial charge in [0.1, 0.15) is 6.04 Å². The van der Waals surface area contributed by atoms with E-state index in [-0.39, 0.29) is 12.0 Å². The van der Waals surface area contributed by atoms with Crippen LogP contribution in [0.4, 0.5) is 4.79 Å². The molecule has 2 rings (SSSR count). The Bertz CT molecular complexity index is 316. The average molecular weight is 255 g/mol. The molecule has 0 radical (unpaired) electrons. The second-order valence-corrected chi connectivity index (χ2v) is 4.64. The Labute approximate surface area is 107 Å². The lowest BCUT2D eigenvalue weighted by molar-refractivity contribution is -0.149. The van der Waals surface area contributed by atoms with Crippen molar-refractivity contribution in [2.45, 2.75) is 25.8 Å². The highest BCUT2D eigenvalue weighted by atomic mass is 16.5. The number of carbonyl (C=O) groups excluding carboxylic acids is 2. The zero-order chi connectivity index (χ0) is 13.0. The second-order valence-electron chi connectivity index (χ2n) is 4.64. The molecule has 2 aliphatic heterocycles. The number of hydrogen-bond acceptors (Lipinski definition) is 4. The van der Waals surface area contributed by atoms with Gasteiger partial charge in [-0.2, -0.15) is 0 Å². The number of hydrogen-bond donors (Lipinski definition) is 1. The van der Waals surface area contributed by atoms with Crippen LogP contribution in [0.2, 0.25) is 0 Å². The number of esters is 1. The van der Waals surface area contributed by atoms with Gasteiger partial charge in [0.25, 0.3) is 0 Å². The fourth-order valence-corrected chi connectivity index (χ4v) is 2.47. The predicted octanol–water partition coefficient (Wildman–Crippen LogP) is 0.0391. The molecular weight excluding hydrogens is 234 g/mol. The molecule has 0 aromatic heterocycles. The molecule has 1 atom stereocenters. The lowest BCUT2D eigenvalue weighted by Crippen LogP contribution is -2.59. The Kier molecular flexibility index (Phi) is 4.41. The minimum atomic E-state index is -0.480. The number of ether oxygens (including phenoxy) is 1. The average Bonchev–Trinajstić information content (AvgIpc) is 2.92. The van der Waals surface area contributed by atoms with E-state index in [0.29, 0.717) is 19.7 Å². The standard InChI is InChI=1S/C12H21N3O3/c1-2-18-11(16)10-9-13-5-8-15(10)12(17)14-6-3-4-7-14/h10,13H,2-9H2,1H3. The van der Waals surface area contributed by atoms with E-state index in [1.807, 2.05) is 4.90 Å². The molecule has 0 aromatic rings. The van der Waals surface area contributed by atoms with Crippen molar-refractivity contribution >= 4 is 12.0 Å². The van der Waals surface area contributed by atoms with Crippen molar-refractivity contribution in [2.75, 3.05) is 39.3 Å². The number of carbonyl (C=O) groups is 2. The van der Waals surface area contributed by atoms with Gasteiger partial charge in [-0.15, -0.1) is 0 Å². The van der Waals surface area contributed by atoms with Crippen LogP contribution < -0.4 is 5.32 Å². The number of piperazine rings is 1. The summed E-state index contributed by atoms with van der Waals surface area (Å²) in [6, 6.07) is -0.501. The molecule has 2 saturated heterocycles. The Morgan fingerprint density at radius 1 is 1.28 bits per heavy atom. The molecule has 2 heterocycles. The highest BCUT2D eigenvalue weighted by molar-refractivity contribution is 5.84. The Balaban J connectivity index is 2.02. The topological polar surface area (TPSA) is 61.9 Å². The maximum atomic E-state index is 12.3. The molecule has 1 unspecified atom stereocenters. The van der Waals surface area contributed by atoms with Gasteiger partial charge < -0.3 is 19.9 Å². The van der Waals surface area contributed by atoms with Gasteiger partial charge in [-0.05, 0) is 19.8 Å². The van der Waals surface area contributed by atoms with Crippen molar-refractivity contribution in [1.82, 2.24) is 15.1 Å². The van der Waals surface area contributed by atoms with Crippen LogP contribution in [-0.4, -0.2) is 67.2 Å². The SMILES string of the molecule is CCOC(=O)C1CNCCN1C(=O)N1CCCC1. The largest absolute Gasteiger partial charge is 0.464 e. The summed E-state index contributed by atoms with van der Waals surface area (Å²) >= 11 is 0. The van der Waals surface area contributed by atoms with E-state index < -0.39 is 6.04 Å². The summed E-state index contributed by atoms with van der Waals surface area (Å²) in [4.78, 5) is 27.7. The highest BCUT2D eigenvalue weighted by Gasteiger charge is 2.35. The van der Waals surface area contributed by atoms with Crippen molar-refractivity contribution in [3.63, 3.8) is 0 Å². The fraction of sp³-hybridized carbons (Fsp3) is 0.833. The van der Waals surface area contributed by atoms with E-state index >= 15 is 0 Å². The van der Waals surface area contributed by atoms with Crippen molar-refractivity contribution in [3.05, 3.63) is 0 Å². The highest BCUT2D eigenvalue weighted by Crippen LogP contribution is 2.14. The van der Waals surface area contributed by atoms with Crippen LogP contribution >= 0.6 is 0 Å². The van der Waals surface area contributed by atoms with Crippen molar-refractivity contribution in [3.8, 4) is 0 Å². The smallest absolute Gasteiger partial charge is 0.330 e. The molecule has 0 aromatic carbocycles.